The highest BCUT2D eigenvalue weighted by atomic mass is 32.1. The number of hydrogen-bond acceptors (Lipinski definition) is 4. The van der Waals surface area contributed by atoms with Crippen LogP contribution in [-0.2, 0) is 6.54 Å². The van der Waals surface area contributed by atoms with Crippen LogP contribution in [0.5, 0.6) is 0 Å². The average molecular weight is 275 g/mol. The molecule has 19 heavy (non-hydrogen) atoms. The molecule has 5 heteroatoms. The Balaban J connectivity index is 1.92. The lowest BCUT2D eigenvalue weighted by atomic mass is 10.4. The van der Waals surface area contributed by atoms with E-state index in [-0.39, 0.29) is 12.5 Å². The number of aliphatic hydroxyl groups is 1. The molecule has 0 aliphatic carbocycles. The van der Waals surface area contributed by atoms with Crippen molar-refractivity contribution in [3.8, 4) is 11.8 Å². The van der Waals surface area contributed by atoms with Gasteiger partial charge in [0.1, 0.15) is 12.4 Å². The van der Waals surface area contributed by atoms with E-state index in [0.29, 0.717) is 18.1 Å². The Bertz CT molecular complexity index is 630. The molecule has 0 aliphatic rings. The third-order valence-corrected chi connectivity index (χ3v) is 3.34. The Morgan fingerprint density at radius 2 is 2.26 bits per heavy atom. The molecular formula is C14H13NO3S. The van der Waals surface area contributed by atoms with E-state index in [1.165, 1.54) is 11.3 Å². The number of carbonyl (C=O) groups excluding carboxylic acids is 1. The summed E-state index contributed by atoms with van der Waals surface area (Å²) in [4.78, 5) is 13.6. The molecule has 1 amide bonds. The summed E-state index contributed by atoms with van der Waals surface area (Å²) in [5, 5.41) is 11.4. The fourth-order valence-electron chi connectivity index (χ4n) is 1.48. The van der Waals surface area contributed by atoms with Crippen molar-refractivity contribution < 1.29 is 14.3 Å². The standard InChI is InChI=1S/C14H13NO3S/c1-10-4-7-13(18-10)14(17)15-9-12-6-5-11(19-12)3-2-8-16/h4-7,16H,8-9H2,1H3,(H,15,17). The van der Waals surface area contributed by atoms with Crippen molar-refractivity contribution >= 4 is 17.2 Å². The van der Waals surface area contributed by atoms with Crippen LogP contribution in [0, 0.1) is 18.8 Å². The Morgan fingerprint density at radius 1 is 1.42 bits per heavy atom. The fraction of sp³-hybridized carbons (Fsp3) is 0.214. The van der Waals surface area contributed by atoms with Crippen molar-refractivity contribution in [2.75, 3.05) is 6.61 Å². The lowest BCUT2D eigenvalue weighted by Crippen LogP contribution is -2.21. The Kier molecular flexibility index (Phi) is 4.39. The molecule has 0 atom stereocenters. The van der Waals surface area contributed by atoms with Crippen LogP contribution in [0.3, 0.4) is 0 Å². The number of aryl methyl sites for hydroxylation is 1. The van der Waals surface area contributed by atoms with Crippen molar-refractivity contribution in [3.63, 3.8) is 0 Å². The highest BCUT2D eigenvalue weighted by Gasteiger charge is 2.09. The second-order valence-corrected chi connectivity index (χ2v) is 4.99. The van der Waals surface area contributed by atoms with E-state index in [1.807, 2.05) is 12.1 Å². The van der Waals surface area contributed by atoms with Crippen LogP contribution in [0.2, 0.25) is 0 Å². The summed E-state index contributed by atoms with van der Waals surface area (Å²) in [6, 6.07) is 7.17. The first kappa shape index (κ1) is 13.4. The number of aliphatic hydroxyl groups excluding tert-OH is 1. The molecule has 0 radical (unpaired) electrons. The predicted molar refractivity (Wildman–Crippen MR) is 72.9 cm³/mol. The average Bonchev–Trinajstić information content (AvgIpc) is 3.02. The quantitative estimate of drug-likeness (QED) is 0.841. The van der Waals surface area contributed by atoms with Gasteiger partial charge in [-0.2, -0.15) is 0 Å². The van der Waals surface area contributed by atoms with Gasteiger partial charge in [-0.25, -0.2) is 0 Å². The van der Waals surface area contributed by atoms with Crippen molar-refractivity contribution in [2.45, 2.75) is 13.5 Å². The number of rotatable bonds is 3. The molecule has 2 aromatic rings. The van der Waals surface area contributed by atoms with Gasteiger partial charge in [0.25, 0.3) is 5.91 Å². The van der Waals surface area contributed by atoms with Crippen molar-refractivity contribution in [2.24, 2.45) is 0 Å². The van der Waals surface area contributed by atoms with Gasteiger partial charge in [0.05, 0.1) is 11.4 Å². The highest BCUT2D eigenvalue weighted by molar-refractivity contribution is 7.12. The van der Waals surface area contributed by atoms with Crippen LogP contribution < -0.4 is 5.32 Å². The summed E-state index contributed by atoms with van der Waals surface area (Å²) in [5.41, 5.74) is 0. The Hall–Kier alpha value is -2.03. The number of thiophene rings is 1. The van der Waals surface area contributed by atoms with E-state index >= 15 is 0 Å². The Morgan fingerprint density at radius 3 is 2.95 bits per heavy atom. The van der Waals surface area contributed by atoms with Gasteiger partial charge in [-0.1, -0.05) is 11.8 Å². The van der Waals surface area contributed by atoms with E-state index in [4.69, 9.17) is 9.52 Å². The largest absolute Gasteiger partial charge is 0.456 e. The SMILES string of the molecule is Cc1ccc(C(=O)NCc2ccc(C#CCO)s2)o1. The monoisotopic (exact) mass is 275 g/mol. The van der Waals surface area contributed by atoms with E-state index < -0.39 is 0 Å². The number of furan rings is 1. The van der Waals surface area contributed by atoms with Gasteiger partial charge in [-0.3, -0.25) is 4.79 Å². The van der Waals surface area contributed by atoms with Gasteiger partial charge in [0, 0.05) is 4.88 Å². The van der Waals surface area contributed by atoms with Gasteiger partial charge in [0.15, 0.2) is 5.76 Å². The molecule has 0 unspecified atom stereocenters. The maximum Gasteiger partial charge on any atom is 0.287 e. The molecule has 0 saturated carbocycles. The normalized spacial score (nSPS) is 9.79. The topological polar surface area (TPSA) is 62.5 Å². The summed E-state index contributed by atoms with van der Waals surface area (Å²) in [6.07, 6.45) is 0. The van der Waals surface area contributed by atoms with Gasteiger partial charge in [-0.05, 0) is 31.2 Å². The van der Waals surface area contributed by atoms with E-state index in [0.717, 1.165) is 9.75 Å². The first-order valence-electron chi connectivity index (χ1n) is 5.72. The molecule has 2 heterocycles. The second kappa shape index (κ2) is 6.23. The minimum absolute atomic E-state index is 0.151. The number of hydrogen-bond donors (Lipinski definition) is 2. The van der Waals surface area contributed by atoms with E-state index in [2.05, 4.69) is 17.2 Å². The number of carbonyl (C=O) groups is 1. The van der Waals surface area contributed by atoms with Crippen molar-refractivity contribution in [1.29, 1.82) is 0 Å². The summed E-state index contributed by atoms with van der Waals surface area (Å²) in [6.45, 7) is 2.08. The van der Waals surface area contributed by atoms with Gasteiger partial charge in [-0.15, -0.1) is 11.3 Å². The zero-order chi connectivity index (χ0) is 13.7. The minimum Gasteiger partial charge on any atom is -0.456 e. The van der Waals surface area contributed by atoms with Crippen molar-refractivity contribution in [3.05, 3.63) is 45.5 Å². The van der Waals surface area contributed by atoms with Crippen LogP contribution >= 0.6 is 11.3 Å². The molecule has 2 aromatic heterocycles. The zero-order valence-corrected chi connectivity index (χ0v) is 11.2. The molecule has 0 saturated heterocycles. The van der Waals surface area contributed by atoms with Gasteiger partial charge in [0.2, 0.25) is 0 Å². The van der Waals surface area contributed by atoms with Crippen molar-refractivity contribution in [1.82, 2.24) is 5.32 Å². The van der Waals surface area contributed by atoms with Gasteiger partial charge < -0.3 is 14.8 Å². The predicted octanol–water partition coefficient (Wildman–Crippen LogP) is 1.92. The molecule has 2 N–H and O–H groups in total. The molecule has 0 fully saturated rings. The fourth-order valence-corrected chi connectivity index (χ4v) is 2.30. The van der Waals surface area contributed by atoms with Crippen LogP contribution in [0.4, 0.5) is 0 Å². The smallest absolute Gasteiger partial charge is 0.287 e. The first-order valence-corrected chi connectivity index (χ1v) is 6.54. The van der Waals surface area contributed by atoms with Crippen LogP contribution in [0.25, 0.3) is 0 Å². The molecule has 0 aliphatic heterocycles. The van der Waals surface area contributed by atoms with Crippen LogP contribution in [-0.4, -0.2) is 17.6 Å². The summed E-state index contributed by atoms with van der Waals surface area (Å²) in [5.74, 6) is 6.20. The van der Waals surface area contributed by atoms with Crippen LogP contribution in [0.15, 0.2) is 28.7 Å². The third-order valence-electron chi connectivity index (χ3n) is 2.34. The molecule has 2 rings (SSSR count). The Labute approximate surface area is 115 Å². The molecule has 98 valence electrons. The molecule has 0 bridgehead atoms. The summed E-state index contributed by atoms with van der Waals surface area (Å²) in [7, 11) is 0. The molecule has 0 aromatic carbocycles. The van der Waals surface area contributed by atoms with E-state index in [9.17, 15) is 4.79 Å². The summed E-state index contributed by atoms with van der Waals surface area (Å²) < 4.78 is 5.23. The first-order chi connectivity index (χ1) is 9.19. The maximum atomic E-state index is 11.7. The lowest BCUT2D eigenvalue weighted by Gasteiger charge is -2.00. The van der Waals surface area contributed by atoms with Gasteiger partial charge >= 0.3 is 0 Å². The molecular weight excluding hydrogens is 262 g/mol. The zero-order valence-electron chi connectivity index (χ0n) is 10.4. The molecule has 4 nitrogen and oxygen atoms in total. The number of amides is 1. The highest BCUT2D eigenvalue weighted by Crippen LogP contribution is 2.15. The molecule has 0 spiro atoms. The van der Waals surface area contributed by atoms with Crippen LogP contribution in [0.1, 0.15) is 26.1 Å². The van der Waals surface area contributed by atoms with E-state index in [1.54, 1.807) is 19.1 Å². The lowest BCUT2D eigenvalue weighted by molar-refractivity contribution is 0.0922. The minimum atomic E-state index is -0.232. The summed E-state index contributed by atoms with van der Waals surface area (Å²) >= 11 is 1.49. The maximum absolute atomic E-state index is 11.7. The number of nitrogens with one attached hydrogen (secondary N) is 1. The second-order valence-electron chi connectivity index (χ2n) is 3.82. The third kappa shape index (κ3) is 3.71.